The lowest BCUT2D eigenvalue weighted by atomic mass is 9.93. The number of aromatic nitrogens is 4. The highest BCUT2D eigenvalue weighted by molar-refractivity contribution is 7.90. The summed E-state index contributed by atoms with van der Waals surface area (Å²) < 4.78 is 36.5. The van der Waals surface area contributed by atoms with E-state index in [4.69, 9.17) is 9.72 Å². The van der Waals surface area contributed by atoms with Gasteiger partial charge in [0.2, 0.25) is 5.88 Å². The van der Waals surface area contributed by atoms with E-state index in [0.29, 0.717) is 65.7 Å². The minimum absolute atomic E-state index is 0.187. The molecular formula is C31H37N7O4S. The number of hydrogen-bond acceptors (Lipinski definition) is 9. The standard InChI is InChI=1S/C31H37N7O4S/c1-29(2)17-20-5-4-15-32-23-6-3-7-26(33-23)43(40,41)36-28(39)21-8-9-24(34-27(21)37(29)18-20)38-16-10-25(35-38)42-19-22-30(11-12-30)31(22)13-14-31/h3,6-10,16,20,22H,4-5,11-15,17-19H2,1-2H3,(H,32,33)(H,36,39)/t20-/m1/s1. The lowest BCUT2D eigenvalue weighted by Gasteiger charge is -2.34. The third kappa shape index (κ3) is 4.39. The second-order valence-electron chi connectivity index (χ2n) is 13.7. The fourth-order valence-electron chi connectivity index (χ4n) is 8.20. The van der Waals surface area contributed by atoms with Crippen molar-refractivity contribution in [2.45, 2.75) is 69.4 Å². The molecule has 226 valence electrons. The van der Waals surface area contributed by atoms with E-state index < -0.39 is 15.9 Å². The van der Waals surface area contributed by atoms with Gasteiger partial charge in [0, 0.05) is 36.8 Å². The van der Waals surface area contributed by atoms with E-state index >= 15 is 0 Å². The van der Waals surface area contributed by atoms with Crippen molar-refractivity contribution in [3.8, 4) is 11.7 Å². The van der Waals surface area contributed by atoms with Crippen molar-refractivity contribution >= 4 is 27.6 Å². The van der Waals surface area contributed by atoms with Crippen LogP contribution >= 0.6 is 0 Å². The Hall–Kier alpha value is -3.67. The number of rotatable bonds is 4. The van der Waals surface area contributed by atoms with Crippen molar-refractivity contribution in [3.05, 3.63) is 48.2 Å². The lowest BCUT2D eigenvalue weighted by Crippen LogP contribution is -2.41. The molecule has 43 heavy (non-hydrogen) atoms. The Morgan fingerprint density at radius 3 is 2.60 bits per heavy atom. The van der Waals surface area contributed by atoms with E-state index in [1.54, 1.807) is 28.9 Å². The van der Waals surface area contributed by atoms with Gasteiger partial charge in [-0.05, 0) is 99.8 Å². The Balaban J connectivity index is 1.11. The fraction of sp³-hybridized carbons (Fsp3) is 0.548. The van der Waals surface area contributed by atoms with Gasteiger partial charge in [-0.2, -0.15) is 8.42 Å². The molecule has 12 heteroatoms. The number of nitrogens with one attached hydrogen (secondary N) is 2. The molecule has 4 bridgehead atoms. The second-order valence-corrected chi connectivity index (χ2v) is 15.3. The summed E-state index contributed by atoms with van der Waals surface area (Å²) in [5, 5.41) is 7.66. The minimum atomic E-state index is -4.22. The molecule has 1 saturated heterocycles. The molecule has 4 fully saturated rings. The molecule has 2 N–H and O–H groups in total. The summed E-state index contributed by atoms with van der Waals surface area (Å²) in [7, 11) is -4.22. The van der Waals surface area contributed by atoms with E-state index in [9.17, 15) is 13.2 Å². The summed E-state index contributed by atoms with van der Waals surface area (Å²) in [4.78, 5) is 25.0. The average molecular weight is 604 g/mol. The summed E-state index contributed by atoms with van der Waals surface area (Å²) in [5.74, 6) is 2.29. The number of nitrogens with zero attached hydrogens (tertiary/aromatic N) is 5. The van der Waals surface area contributed by atoms with Crippen molar-refractivity contribution in [2.75, 3.05) is 29.9 Å². The van der Waals surface area contributed by atoms with Crippen molar-refractivity contribution in [1.29, 1.82) is 0 Å². The zero-order valence-corrected chi connectivity index (χ0v) is 25.4. The number of sulfonamides is 1. The number of anilines is 2. The molecule has 3 aromatic rings. The molecule has 11 nitrogen and oxygen atoms in total. The summed E-state index contributed by atoms with van der Waals surface area (Å²) >= 11 is 0. The number of fused-ring (bicyclic) bond motifs is 7. The Bertz CT molecular complexity index is 1710. The molecule has 3 aliphatic carbocycles. The van der Waals surface area contributed by atoms with E-state index in [-0.39, 0.29) is 16.1 Å². The summed E-state index contributed by atoms with van der Waals surface area (Å²) in [6.45, 7) is 6.38. The molecule has 0 unspecified atom stereocenters. The van der Waals surface area contributed by atoms with Gasteiger partial charge < -0.3 is 15.0 Å². The molecule has 2 spiro atoms. The molecule has 0 radical (unpaired) electrons. The first kappa shape index (κ1) is 26.9. The zero-order chi connectivity index (χ0) is 29.6. The molecule has 1 atom stereocenters. The van der Waals surface area contributed by atoms with Gasteiger partial charge in [0.05, 0.1) is 12.2 Å². The van der Waals surface area contributed by atoms with Gasteiger partial charge in [0.15, 0.2) is 10.8 Å². The number of carbonyl (C=O) groups excluding carboxylic acids is 1. The molecule has 5 aliphatic rings. The number of ether oxygens (including phenoxy) is 1. The molecule has 1 amide bonds. The number of carbonyl (C=O) groups is 1. The third-order valence-corrected chi connectivity index (χ3v) is 11.9. The van der Waals surface area contributed by atoms with Crippen LogP contribution in [0.1, 0.15) is 69.2 Å². The van der Waals surface area contributed by atoms with Crippen LogP contribution in [0.4, 0.5) is 11.6 Å². The number of hydrogen-bond donors (Lipinski definition) is 2. The predicted octanol–water partition coefficient (Wildman–Crippen LogP) is 4.16. The van der Waals surface area contributed by atoms with Gasteiger partial charge in [-0.25, -0.2) is 19.4 Å². The first-order valence-corrected chi connectivity index (χ1v) is 16.8. The second kappa shape index (κ2) is 9.17. The average Bonchev–Trinajstić information content (AvgIpc) is 3.93. The fourth-order valence-corrected chi connectivity index (χ4v) is 9.14. The van der Waals surface area contributed by atoms with Crippen LogP contribution in [-0.4, -0.2) is 59.3 Å². The molecule has 3 saturated carbocycles. The number of amides is 1. The predicted molar refractivity (Wildman–Crippen MR) is 160 cm³/mol. The van der Waals surface area contributed by atoms with Crippen LogP contribution in [0, 0.1) is 22.7 Å². The van der Waals surface area contributed by atoms with Gasteiger partial charge >= 0.3 is 0 Å². The highest BCUT2D eigenvalue weighted by Gasteiger charge is 2.86. The van der Waals surface area contributed by atoms with Gasteiger partial charge in [0.1, 0.15) is 11.6 Å². The summed E-state index contributed by atoms with van der Waals surface area (Å²) in [6, 6.07) is 9.90. The Labute approximate surface area is 251 Å². The zero-order valence-electron chi connectivity index (χ0n) is 24.5. The van der Waals surface area contributed by atoms with Crippen LogP contribution in [-0.2, 0) is 10.0 Å². The highest BCUT2D eigenvalue weighted by Crippen LogP contribution is 2.92. The third-order valence-electron chi connectivity index (χ3n) is 10.7. The van der Waals surface area contributed by atoms with Gasteiger partial charge in [0.25, 0.3) is 15.9 Å². The van der Waals surface area contributed by atoms with Gasteiger partial charge in [-0.3, -0.25) is 4.79 Å². The van der Waals surface area contributed by atoms with E-state index in [1.807, 2.05) is 12.3 Å². The maximum Gasteiger partial charge on any atom is 0.281 e. The van der Waals surface area contributed by atoms with Crippen LogP contribution in [0.25, 0.3) is 5.82 Å². The molecule has 8 rings (SSSR count). The first-order chi connectivity index (χ1) is 20.6. The van der Waals surface area contributed by atoms with Crippen molar-refractivity contribution < 1.29 is 17.9 Å². The van der Waals surface area contributed by atoms with Crippen molar-refractivity contribution in [1.82, 2.24) is 24.5 Å². The van der Waals surface area contributed by atoms with Gasteiger partial charge in [-0.15, -0.1) is 5.10 Å². The highest BCUT2D eigenvalue weighted by atomic mass is 32.2. The van der Waals surface area contributed by atoms with E-state index in [1.165, 1.54) is 31.7 Å². The first-order valence-electron chi connectivity index (χ1n) is 15.4. The maximum atomic E-state index is 13.6. The Morgan fingerprint density at radius 2 is 1.84 bits per heavy atom. The topological polar surface area (TPSA) is 131 Å². The normalized spacial score (nSPS) is 25.7. The minimum Gasteiger partial charge on any atom is -0.476 e. The molecule has 0 aromatic carbocycles. The summed E-state index contributed by atoms with van der Waals surface area (Å²) in [5.41, 5.74) is 1.04. The Morgan fingerprint density at radius 1 is 1.05 bits per heavy atom. The van der Waals surface area contributed by atoms with Crippen LogP contribution in [0.2, 0.25) is 0 Å². The lowest BCUT2D eigenvalue weighted by molar-refractivity contribution is 0.0981. The molecular weight excluding hydrogens is 566 g/mol. The van der Waals surface area contributed by atoms with Crippen LogP contribution in [0.3, 0.4) is 0 Å². The molecule has 2 aliphatic heterocycles. The van der Waals surface area contributed by atoms with Gasteiger partial charge in [-0.1, -0.05) is 6.07 Å². The van der Waals surface area contributed by atoms with Crippen LogP contribution < -0.4 is 19.7 Å². The van der Waals surface area contributed by atoms with Crippen LogP contribution in [0.15, 0.2) is 47.6 Å². The SMILES string of the molecule is CC1(C)C[C@H]2CCCNc3cccc(n3)S(=O)(=O)NC(=O)c3ccc(-n4ccc(OCC5C6(CC6)C56CC6)n4)nc3N1C2. The Kier molecular flexibility index (Phi) is 5.74. The monoisotopic (exact) mass is 603 g/mol. The van der Waals surface area contributed by atoms with E-state index in [0.717, 1.165) is 19.3 Å². The maximum absolute atomic E-state index is 13.6. The summed E-state index contributed by atoms with van der Waals surface area (Å²) in [6.07, 6.45) is 10.0. The quantitative estimate of drug-likeness (QED) is 0.451. The number of pyridine rings is 2. The molecule has 3 aromatic heterocycles. The van der Waals surface area contributed by atoms with Crippen molar-refractivity contribution in [3.63, 3.8) is 0 Å². The smallest absolute Gasteiger partial charge is 0.281 e. The van der Waals surface area contributed by atoms with Crippen molar-refractivity contribution in [2.24, 2.45) is 22.7 Å². The van der Waals surface area contributed by atoms with Crippen LogP contribution in [0.5, 0.6) is 5.88 Å². The largest absolute Gasteiger partial charge is 0.476 e. The molecule has 5 heterocycles. The van der Waals surface area contributed by atoms with E-state index in [2.05, 4.69) is 38.9 Å².